The number of hydrogen-bond acceptors (Lipinski definition) is 4. The number of ketones is 2. The lowest BCUT2D eigenvalue weighted by molar-refractivity contribution is 0.0677. The largest absolute Gasteiger partial charge is 0.478 e. The molecule has 2 N–H and O–H groups in total. The Kier molecular flexibility index (Phi) is 6.27. The van der Waals surface area contributed by atoms with Gasteiger partial charge in [0.2, 0.25) is 0 Å². The number of fused-ring (bicyclic) bond motifs is 2. The zero-order valence-electron chi connectivity index (χ0n) is 19.8. The average Bonchev–Trinajstić information content (AvgIpc) is 2.90. The van der Waals surface area contributed by atoms with Crippen LogP contribution in [0.2, 0.25) is 0 Å². The molecule has 5 rings (SSSR count). The van der Waals surface area contributed by atoms with Gasteiger partial charge in [0.05, 0.1) is 11.1 Å². The second-order valence-electron chi connectivity index (χ2n) is 9.59. The first kappa shape index (κ1) is 23.7. The highest BCUT2D eigenvalue weighted by atomic mass is 16.4. The van der Waals surface area contributed by atoms with Gasteiger partial charge in [-0.3, -0.25) is 9.59 Å². The first-order valence-corrected chi connectivity index (χ1v) is 12.3. The highest BCUT2D eigenvalue weighted by Gasteiger charge is 2.27. The highest BCUT2D eigenvalue weighted by Crippen LogP contribution is 2.28. The van der Waals surface area contributed by atoms with E-state index < -0.39 is 23.5 Å². The summed E-state index contributed by atoms with van der Waals surface area (Å²) in [5.74, 6) is -3.94. The van der Waals surface area contributed by atoms with Crippen molar-refractivity contribution in [3.63, 3.8) is 0 Å². The molecule has 0 unspecified atom stereocenters. The minimum Gasteiger partial charge on any atom is -0.478 e. The minimum atomic E-state index is -1.40. The van der Waals surface area contributed by atoms with Gasteiger partial charge < -0.3 is 10.2 Å². The van der Waals surface area contributed by atoms with E-state index in [-0.39, 0.29) is 22.3 Å². The van der Waals surface area contributed by atoms with Crippen molar-refractivity contribution >= 4 is 23.5 Å². The van der Waals surface area contributed by atoms with E-state index in [2.05, 4.69) is 0 Å². The first-order chi connectivity index (χ1) is 17.3. The van der Waals surface area contributed by atoms with E-state index >= 15 is 0 Å². The van der Waals surface area contributed by atoms with Gasteiger partial charge in [0, 0.05) is 22.3 Å². The van der Waals surface area contributed by atoms with Crippen LogP contribution in [0.5, 0.6) is 0 Å². The van der Waals surface area contributed by atoms with Crippen LogP contribution in [0.4, 0.5) is 0 Å². The molecule has 0 radical (unpaired) electrons. The maximum absolute atomic E-state index is 13.4. The molecule has 0 saturated heterocycles. The molecule has 0 saturated carbocycles. The summed E-state index contributed by atoms with van der Waals surface area (Å²) in [6, 6.07) is 12.7. The fourth-order valence-electron chi connectivity index (χ4n) is 5.39. The Morgan fingerprint density at radius 2 is 0.833 bits per heavy atom. The molecule has 0 heterocycles. The van der Waals surface area contributed by atoms with Crippen LogP contribution in [-0.4, -0.2) is 33.7 Å². The summed E-state index contributed by atoms with van der Waals surface area (Å²) in [6.45, 7) is 0. The normalized spacial score (nSPS) is 14.4. The lowest BCUT2D eigenvalue weighted by atomic mass is 9.86. The molecule has 6 nitrogen and oxygen atoms in total. The summed E-state index contributed by atoms with van der Waals surface area (Å²) in [4.78, 5) is 51.1. The molecule has 0 atom stereocenters. The molecular weight excluding hydrogens is 456 g/mol. The van der Waals surface area contributed by atoms with Crippen LogP contribution in [0.15, 0.2) is 48.5 Å². The van der Waals surface area contributed by atoms with Gasteiger partial charge >= 0.3 is 11.9 Å². The Morgan fingerprint density at radius 1 is 0.472 bits per heavy atom. The van der Waals surface area contributed by atoms with Gasteiger partial charge in [-0.15, -0.1) is 0 Å². The van der Waals surface area contributed by atoms with Crippen LogP contribution in [0, 0.1) is 0 Å². The number of hydrogen-bond donors (Lipinski definition) is 2. The highest BCUT2D eigenvalue weighted by molar-refractivity contribution is 6.19. The molecule has 3 aromatic carbocycles. The van der Waals surface area contributed by atoms with E-state index in [0.717, 1.165) is 74.6 Å². The number of carboxylic acids is 2. The van der Waals surface area contributed by atoms with Gasteiger partial charge in [0.25, 0.3) is 0 Å². The third kappa shape index (κ3) is 4.35. The summed E-state index contributed by atoms with van der Waals surface area (Å²) < 4.78 is 0. The van der Waals surface area contributed by atoms with Gasteiger partial charge in [-0.05, 0) is 97.9 Å². The number of rotatable bonds is 6. The summed E-state index contributed by atoms with van der Waals surface area (Å²) in [5.41, 5.74) is 3.83. The Labute approximate surface area is 208 Å². The van der Waals surface area contributed by atoms with E-state index in [1.165, 1.54) is 11.1 Å². The molecule has 0 bridgehead atoms. The second-order valence-corrected chi connectivity index (χ2v) is 9.59. The Bertz CT molecular complexity index is 1320. The third-order valence-corrected chi connectivity index (χ3v) is 7.33. The SMILES string of the molecule is O=C(O)c1cc(C(=O)c2ccc3c(c2)CCCC3)c(C(=O)O)cc1C(=O)c1ccc2c(c1)CCCC2. The van der Waals surface area contributed by atoms with Crippen molar-refractivity contribution in [3.8, 4) is 0 Å². The summed E-state index contributed by atoms with van der Waals surface area (Å²) >= 11 is 0. The van der Waals surface area contributed by atoms with Crippen molar-refractivity contribution in [1.29, 1.82) is 0 Å². The number of benzene rings is 3. The lowest BCUT2D eigenvalue weighted by Crippen LogP contribution is -2.18. The summed E-state index contributed by atoms with van der Waals surface area (Å²) in [6.07, 6.45) is 7.78. The van der Waals surface area contributed by atoms with Gasteiger partial charge in [0.15, 0.2) is 11.6 Å². The lowest BCUT2D eigenvalue weighted by Gasteiger charge is -2.18. The molecule has 0 amide bonds. The minimum absolute atomic E-state index is 0.238. The summed E-state index contributed by atoms with van der Waals surface area (Å²) in [5, 5.41) is 19.8. The monoisotopic (exact) mass is 482 g/mol. The van der Waals surface area contributed by atoms with Crippen LogP contribution in [0.25, 0.3) is 0 Å². The topological polar surface area (TPSA) is 109 Å². The Morgan fingerprint density at radius 3 is 1.19 bits per heavy atom. The number of carbonyl (C=O) groups is 4. The van der Waals surface area contributed by atoms with Gasteiger partial charge in [-0.1, -0.05) is 24.3 Å². The molecular formula is C30H26O6. The Hall–Kier alpha value is -4.06. The van der Waals surface area contributed by atoms with E-state index in [0.29, 0.717) is 11.1 Å². The van der Waals surface area contributed by atoms with E-state index in [1.54, 1.807) is 24.3 Å². The molecule has 6 heteroatoms. The van der Waals surface area contributed by atoms with Crippen molar-refractivity contribution in [2.75, 3.05) is 0 Å². The van der Waals surface area contributed by atoms with Crippen molar-refractivity contribution in [1.82, 2.24) is 0 Å². The van der Waals surface area contributed by atoms with Gasteiger partial charge in [-0.25, -0.2) is 9.59 Å². The van der Waals surface area contributed by atoms with E-state index in [1.807, 2.05) is 12.1 Å². The van der Waals surface area contributed by atoms with Crippen LogP contribution >= 0.6 is 0 Å². The molecule has 2 aliphatic rings. The van der Waals surface area contributed by atoms with Crippen LogP contribution < -0.4 is 0 Å². The van der Waals surface area contributed by atoms with Crippen LogP contribution in [-0.2, 0) is 25.7 Å². The molecule has 0 aliphatic heterocycles. The zero-order chi connectivity index (χ0) is 25.4. The zero-order valence-corrected chi connectivity index (χ0v) is 19.8. The molecule has 0 fully saturated rings. The molecule has 0 spiro atoms. The average molecular weight is 483 g/mol. The molecule has 3 aromatic rings. The van der Waals surface area contributed by atoms with Crippen molar-refractivity contribution in [2.24, 2.45) is 0 Å². The molecule has 2 aliphatic carbocycles. The smallest absolute Gasteiger partial charge is 0.336 e. The van der Waals surface area contributed by atoms with Crippen molar-refractivity contribution < 1.29 is 29.4 Å². The van der Waals surface area contributed by atoms with Gasteiger partial charge in [0.1, 0.15) is 0 Å². The molecule has 36 heavy (non-hydrogen) atoms. The number of carbonyl (C=O) groups excluding carboxylic acids is 2. The first-order valence-electron chi connectivity index (χ1n) is 12.3. The number of aryl methyl sites for hydroxylation is 4. The van der Waals surface area contributed by atoms with Crippen molar-refractivity contribution in [3.05, 3.63) is 104 Å². The van der Waals surface area contributed by atoms with Crippen LogP contribution in [0.3, 0.4) is 0 Å². The molecule has 182 valence electrons. The maximum atomic E-state index is 13.4. The van der Waals surface area contributed by atoms with Gasteiger partial charge in [-0.2, -0.15) is 0 Å². The standard InChI is InChI=1S/C30H26O6/c31-27(21-11-9-17-5-1-3-7-19(17)13-21)23-15-26(30(35)36)24(16-25(23)29(33)34)28(32)22-12-10-18-6-2-4-8-20(18)14-22/h9-16H,1-8H2,(H,33,34)(H,35,36). The van der Waals surface area contributed by atoms with E-state index in [4.69, 9.17) is 0 Å². The summed E-state index contributed by atoms with van der Waals surface area (Å²) in [7, 11) is 0. The molecule has 0 aromatic heterocycles. The van der Waals surface area contributed by atoms with Crippen molar-refractivity contribution in [2.45, 2.75) is 51.4 Å². The number of carboxylic acid groups (broad SMARTS) is 2. The number of aromatic carboxylic acids is 2. The fraction of sp³-hybridized carbons (Fsp3) is 0.267. The van der Waals surface area contributed by atoms with E-state index in [9.17, 15) is 29.4 Å². The quantitative estimate of drug-likeness (QED) is 0.462. The third-order valence-electron chi connectivity index (χ3n) is 7.33. The predicted molar refractivity (Wildman–Crippen MR) is 133 cm³/mol. The second kappa shape index (κ2) is 9.53. The Balaban J connectivity index is 1.59. The maximum Gasteiger partial charge on any atom is 0.336 e. The van der Waals surface area contributed by atoms with Crippen LogP contribution in [0.1, 0.15) is 100 Å². The predicted octanol–water partition coefficient (Wildman–Crippen LogP) is 5.30. The fourth-order valence-corrected chi connectivity index (χ4v) is 5.39.